The van der Waals surface area contributed by atoms with Crippen molar-refractivity contribution in [3.63, 3.8) is 0 Å². The van der Waals surface area contributed by atoms with Gasteiger partial charge < -0.3 is 5.32 Å². The second-order valence-corrected chi connectivity index (χ2v) is 7.30. The van der Waals surface area contributed by atoms with E-state index in [-0.39, 0.29) is 11.9 Å². The summed E-state index contributed by atoms with van der Waals surface area (Å²) >= 11 is 0. The SMILES string of the molecule is Cc1cc(C)n(C(C)CC(=O)NCC(C)N2CCC(C)CC2)n1. The summed E-state index contributed by atoms with van der Waals surface area (Å²) in [6, 6.07) is 2.55. The molecule has 1 amide bonds. The molecule has 1 aromatic heterocycles. The van der Waals surface area contributed by atoms with Crippen LogP contribution >= 0.6 is 0 Å². The fourth-order valence-corrected chi connectivity index (χ4v) is 3.38. The van der Waals surface area contributed by atoms with Gasteiger partial charge in [0.1, 0.15) is 0 Å². The van der Waals surface area contributed by atoms with Crippen molar-refractivity contribution in [2.45, 2.75) is 66.0 Å². The fraction of sp³-hybridized carbons (Fsp3) is 0.778. The first-order chi connectivity index (χ1) is 10.9. The number of piperidine rings is 1. The van der Waals surface area contributed by atoms with E-state index in [2.05, 4.69) is 36.1 Å². The van der Waals surface area contributed by atoms with E-state index in [0.717, 1.165) is 36.9 Å². The molecule has 2 rings (SSSR count). The minimum Gasteiger partial charge on any atom is -0.354 e. The van der Waals surface area contributed by atoms with Crippen LogP contribution in [0.15, 0.2) is 6.07 Å². The Morgan fingerprint density at radius 1 is 1.30 bits per heavy atom. The van der Waals surface area contributed by atoms with E-state index >= 15 is 0 Å². The third kappa shape index (κ3) is 5.06. The van der Waals surface area contributed by atoms with Gasteiger partial charge in [0.2, 0.25) is 5.91 Å². The van der Waals surface area contributed by atoms with Crippen LogP contribution in [0.5, 0.6) is 0 Å². The number of amides is 1. The van der Waals surface area contributed by atoms with Gasteiger partial charge in [-0.15, -0.1) is 0 Å². The smallest absolute Gasteiger partial charge is 0.222 e. The lowest BCUT2D eigenvalue weighted by molar-refractivity contribution is -0.122. The number of hydrogen-bond donors (Lipinski definition) is 1. The molecule has 0 spiro atoms. The van der Waals surface area contributed by atoms with Gasteiger partial charge in [-0.2, -0.15) is 5.10 Å². The maximum Gasteiger partial charge on any atom is 0.222 e. The Balaban J connectivity index is 1.75. The molecule has 5 nitrogen and oxygen atoms in total. The second-order valence-electron chi connectivity index (χ2n) is 7.30. The first-order valence-corrected chi connectivity index (χ1v) is 8.90. The van der Waals surface area contributed by atoms with E-state index in [4.69, 9.17) is 0 Å². The molecule has 1 aromatic rings. The lowest BCUT2D eigenvalue weighted by atomic mass is 9.98. The van der Waals surface area contributed by atoms with Crippen LogP contribution in [0.2, 0.25) is 0 Å². The molecular weight excluding hydrogens is 288 g/mol. The van der Waals surface area contributed by atoms with E-state index in [1.807, 2.05) is 24.6 Å². The van der Waals surface area contributed by atoms with Gasteiger partial charge in [-0.1, -0.05) is 6.92 Å². The zero-order valence-corrected chi connectivity index (χ0v) is 15.3. The summed E-state index contributed by atoms with van der Waals surface area (Å²) in [4.78, 5) is 14.7. The second kappa shape index (κ2) is 7.95. The van der Waals surface area contributed by atoms with Crippen LogP contribution in [0, 0.1) is 19.8 Å². The summed E-state index contributed by atoms with van der Waals surface area (Å²) in [5.74, 6) is 0.955. The molecule has 0 bridgehead atoms. The summed E-state index contributed by atoms with van der Waals surface area (Å²) in [5, 5.41) is 7.56. The van der Waals surface area contributed by atoms with Crippen LogP contribution < -0.4 is 5.32 Å². The molecule has 1 fully saturated rings. The highest BCUT2D eigenvalue weighted by Gasteiger charge is 2.21. The Hall–Kier alpha value is -1.36. The predicted molar refractivity (Wildman–Crippen MR) is 93.5 cm³/mol. The number of carbonyl (C=O) groups is 1. The Morgan fingerprint density at radius 2 is 1.96 bits per heavy atom. The van der Waals surface area contributed by atoms with Crippen LogP contribution in [0.3, 0.4) is 0 Å². The van der Waals surface area contributed by atoms with Crippen molar-refractivity contribution in [2.24, 2.45) is 5.92 Å². The third-order valence-corrected chi connectivity index (χ3v) is 4.98. The molecule has 2 atom stereocenters. The van der Waals surface area contributed by atoms with Crippen molar-refractivity contribution < 1.29 is 4.79 Å². The fourth-order valence-electron chi connectivity index (χ4n) is 3.38. The average Bonchev–Trinajstić information content (AvgIpc) is 2.84. The highest BCUT2D eigenvalue weighted by atomic mass is 16.1. The van der Waals surface area contributed by atoms with Crippen molar-refractivity contribution in [2.75, 3.05) is 19.6 Å². The quantitative estimate of drug-likeness (QED) is 0.877. The Morgan fingerprint density at radius 3 is 2.52 bits per heavy atom. The molecule has 1 saturated heterocycles. The van der Waals surface area contributed by atoms with Crippen LogP contribution in [0.25, 0.3) is 0 Å². The first-order valence-electron chi connectivity index (χ1n) is 8.90. The van der Waals surface area contributed by atoms with Crippen LogP contribution in [0.4, 0.5) is 0 Å². The van der Waals surface area contributed by atoms with Crippen molar-refractivity contribution in [3.05, 3.63) is 17.5 Å². The predicted octanol–water partition coefficient (Wildman–Crippen LogP) is 2.69. The minimum absolute atomic E-state index is 0.0924. The molecule has 1 N–H and O–H groups in total. The van der Waals surface area contributed by atoms with Crippen LogP contribution in [-0.4, -0.2) is 46.3 Å². The van der Waals surface area contributed by atoms with Crippen molar-refractivity contribution in [1.29, 1.82) is 0 Å². The Bertz CT molecular complexity index is 517. The van der Waals surface area contributed by atoms with Gasteiger partial charge >= 0.3 is 0 Å². The molecule has 5 heteroatoms. The molecule has 130 valence electrons. The number of carbonyl (C=O) groups excluding carboxylic acids is 1. The van der Waals surface area contributed by atoms with Crippen LogP contribution in [0.1, 0.15) is 57.5 Å². The van der Waals surface area contributed by atoms with Gasteiger partial charge in [-0.05, 0) is 65.6 Å². The van der Waals surface area contributed by atoms with E-state index in [1.54, 1.807) is 0 Å². The number of rotatable bonds is 6. The number of aryl methyl sites for hydroxylation is 2. The maximum atomic E-state index is 12.2. The lowest BCUT2D eigenvalue weighted by Gasteiger charge is -2.35. The number of aromatic nitrogens is 2. The molecule has 0 radical (unpaired) electrons. The molecule has 0 aromatic carbocycles. The summed E-state index contributed by atoms with van der Waals surface area (Å²) < 4.78 is 1.95. The molecule has 0 saturated carbocycles. The highest BCUT2D eigenvalue weighted by molar-refractivity contribution is 5.76. The molecule has 23 heavy (non-hydrogen) atoms. The van der Waals surface area contributed by atoms with Gasteiger partial charge in [0.15, 0.2) is 0 Å². The van der Waals surface area contributed by atoms with Gasteiger partial charge in [-0.3, -0.25) is 14.4 Å². The number of nitrogens with zero attached hydrogens (tertiary/aromatic N) is 3. The zero-order valence-electron chi connectivity index (χ0n) is 15.3. The summed E-state index contributed by atoms with van der Waals surface area (Å²) in [6.45, 7) is 13.6. The summed E-state index contributed by atoms with van der Waals surface area (Å²) in [5.41, 5.74) is 2.11. The number of likely N-dealkylation sites (tertiary alicyclic amines) is 1. The van der Waals surface area contributed by atoms with Crippen molar-refractivity contribution >= 4 is 5.91 Å². The zero-order chi connectivity index (χ0) is 17.0. The van der Waals surface area contributed by atoms with Gasteiger partial charge in [0.05, 0.1) is 11.7 Å². The van der Waals surface area contributed by atoms with Crippen molar-refractivity contribution in [3.8, 4) is 0 Å². The molecular formula is C18H32N4O. The van der Waals surface area contributed by atoms with E-state index in [0.29, 0.717) is 12.5 Å². The molecule has 0 aliphatic carbocycles. The normalized spacial score (nSPS) is 19.5. The van der Waals surface area contributed by atoms with Crippen LogP contribution in [-0.2, 0) is 4.79 Å². The summed E-state index contributed by atoms with van der Waals surface area (Å²) in [6.07, 6.45) is 3.02. The minimum atomic E-state index is 0.0924. The molecule has 2 unspecified atom stereocenters. The number of nitrogens with one attached hydrogen (secondary N) is 1. The van der Waals surface area contributed by atoms with E-state index < -0.39 is 0 Å². The van der Waals surface area contributed by atoms with Gasteiger partial charge in [0.25, 0.3) is 0 Å². The van der Waals surface area contributed by atoms with E-state index in [1.165, 1.54) is 12.8 Å². The molecule has 1 aliphatic heterocycles. The molecule has 2 heterocycles. The standard InChI is InChI=1S/C18H32N4O/c1-13-6-8-21(9-7-13)17(5)12-19-18(23)11-16(4)22-15(3)10-14(2)20-22/h10,13,16-17H,6-9,11-12H2,1-5H3,(H,19,23). The maximum absolute atomic E-state index is 12.2. The topological polar surface area (TPSA) is 50.2 Å². The third-order valence-electron chi connectivity index (χ3n) is 4.98. The van der Waals surface area contributed by atoms with Gasteiger partial charge in [0, 0.05) is 24.7 Å². The lowest BCUT2D eigenvalue weighted by Crippen LogP contribution is -2.45. The summed E-state index contributed by atoms with van der Waals surface area (Å²) in [7, 11) is 0. The largest absolute Gasteiger partial charge is 0.354 e. The Kier molecular flexibility index (Phi) is 6.22. The van der Waals surface area contributed by atoms with Crippen molar-refractivity contribution in [1.82, 2.24) is 20.0 Å². The number of hydrogen-bond acceptors (Lipinski definition) is 3. The average molecular weight is 320 g/mol. The highest BCUT2D eigenvalue weighted by Crippen LogP contribution is 2.18. The first kappa shape index (κ1) is 18.0. The monoisotopic (exact) mass is 320 g/mol. The van der Waals surface area contributed by atoms with Gasteiger partial charge in [-0.25, -0.2) is 0 Å². The molecule has 1 aliphatic rings. The Labute approximate surface area is 140 Å². The van der Waals surface area contributed by atoms with E-state index in [9.17, 15) is 4.79 Å².